The second kappa shape index (κ2) is 7.55. The van der Waals surface area contributed by atoms with Gasteiger partial charge >= 0.3 is 158 Å². The molecule has 1 aliphatic heterocycles. The minimum absolute atomic E-state index is 0.194. The average molecular weight is 431 g/mol. The molecule has 1 heterocycles. The molecular weight excluding hydrogens is 406 g/mol. The summed E-state index contributed by atoms with van der Waals surface area (Å²) in [5, 5.41) is 0. The summed E-state index contributed by atoms with van der Waals surface area (Å²) in [5.74, 6) is -3.50. The van der Waals surface area contributed by atoms with Gasteiger partial charge in [-0.2, -0.15) is 0 Å². The van der Waals surface area contributed by atoms with Crippen LogP contribution in [0.3, 0.4) is 0 Å². The monoisotopic (exact) mass is 430 g/mol. The molecule has 0 N–H and O–H groups in total. The van der Waals surface area contributed by atoms with Gasteiger partial charge in [-0.25, -0.2) is 0 Å². The molecule has 0 saturated carbocycles. The molecule has 25 heavy (non-hydrogen) atoms. The molecular formula is C15H25ClO6P2S. The van der Waals surface area contributed by atoms with E-state index in [1.807, 2.05) is 20.8 Å². The molecule has 0 radical (unpaired) electrons. The molecule has 0 bridgehead atoms. The maximum atomic E-state index is 13.1. The van der Waals surface area contributed by atoms with Crippen LogP contribution >= 0.6 is 34.9 Å². The number of fused-ring (bicyclic) bond motifs is 1. The molecule has 0 spiro atoms. The normalized spacial score (nSPS) is 20.0. The summed E-state index contributed by atoms with van der Waals surface area (Å²) < 4.78 is 41.7. The number of benzene rings is 1. The second-order valence-corrected chi connectivity index (χ2v) is 17.7. The van der Waals surface area contributed by atoms with Crippen LogP contribution in [0.2, 0.25) is 0 Å². The van der Waals surface area contributed by atoms with Crippen molar-refractivity contribution >= 4 is 34.9 Å². The number of hydrogen-bond acceptors (Lipinski definition) is 7. The Morgan fingerprint density at radius 2 is 1.60 bits per heavy atom. The molecule has 0 aliphatic carbocycles. The molecule has 144 valence electrons. The van der Waals surface area contributed by atoms with E-state index in [2.05, 4.69) is 0 Å². The molecule has 0 atom stereocenters. The number of hydrogen-bond donors (Lipinski definition) is 0. The van der Waals surface area contributed by atoms with E-state index < -0.39 is 12.6 Å². The summed E-state index contributed by atoms with van der Waals surface area (Å²) in [4.78, 5) is 0. The van der Waals surface area contributed by atoms with Gasteiger partial charge in [-0.1, -0.05) is 0 Å². The van der Waals surface area contributed by atoms with Gasteiger partial charge in [-0.15, -0.1) is 0 Å². The van der Waals surface area contributed by atoms with Crippen LogP contribution in [0, 0.1) is 5.41 Å². The molecule has 1 aromatic rings. The van der Waals surface area contributed by atoms with Crippen molar-refractivity contribution in [1.82, 2.24) is 0 Å². The van der Waals surface area contributed by atoms with Crippen molar-refractivity contribution in [2.24, 2.45) is 5.41 Å². The molecule has 1 aromatic carbocycles. The van der Waals surface area contributed by atoms with Crippen LogP contribution in [0.4, 0.5) is 0 Å². The van der Waals surface area contributed by atoms with Crippen LogP contribution in [0.15, 0.2) is 24.3 Å². The third kappa shape index (κ3) is 5.49. The van der Waals surface area contributed by atoms with Crippen molar-refractivity contribution in [2.75, 3.05) is 19.8 Å². The fourth-order valence-electron chi connectivity index (χ4n) is 1.90. The van der Waals surface area contributed by atoms with E-state index in [9.17, 15) is 4.57 Å². The van der Waals surface area contributed by atoms with Crippen molar-refractivity contribution in [3.8, 4) is 11.5 Å². The molecule has 10 heteroatoms. The van der Waals surface area contributed by atoms with Gasteiger partial charge in [0.15, 0.2) is 0 Å². The van der Waals surface area contributed by atoms with Crippen molar-refractivity contribution in [1.29, 1.82) is 0 Å². The predicted octanol–water partition coefficient (Wildman–Crippen LogP) is 6.80. The van der Waals surface area contributed by atoms with Gasteiger partial charge in [0.05, 0.1) is 0 Å². The summed E-state index contributed by atoms with van der Waals surface area (Å²) in [5.41, 5.74) is -0.205. The van der Waals surface area contributed by atoms with E-state index in [-0.39, 0.29) is 25.2 Å². The summed E-state index contributed by atoms with van der Waals surface area (Å²) in [6, 6.07) is 7.04. The molecule has 1 aliphatic rings. The van der Waals surface area contributed by atoms with Crippen LogP contribution in [-0.2, 0) is 18.1 Å². The first-order chi connectivity index (χ1) is 11.5. The van der Waals surface area contributed by atoms with Gasteiger partial charge in [0.2, 0.25) is 0 Å². The van der Waals surface area contributed by atoms with Gasteiger partial charge in [0, 0.05) is 0 Å². The first-order valence-corrected chi connectivity index (χ1v) is 14.5. The van der Waals surface area contributed by atoms with E-state index in [1.165, 1.54) is 0 Å². The molecule has 0 saturated heterocycles. The predicted molar refractivity (Wildman–Crippen MR) is 104 cm³/mol. The maximum absolute atomic E-state index is 13.1. The van der Waals surface area contributed by atoms with Gasteiger partial charge in [-0.3, -0.25) is 0 Å². The fraction of sp³-hybridized carbons (Fsp3) is 0.600. The zero-order chi connectivity index (χ0) is 18.8. The standard InChI is InChI=1S/C15H25ClO6P2S/c1-6-18-23(17,19-7-2)25-24(16,20-12-15(3,4)5)21-13-10-8-9-11-14(13)22-24/h8-11H,6-7,12H2,1-5H3. The molecule has 6 nitrogen and oxygen atoms in total. The van der Waals surface area contributed by atoms with Gasteiger partial charge in [0.25, 0.3) is 0 Å². The van der Waals surface area contributed by atoms with Crippen LogP contribution in [0.5, 0.6) is 11.5 Å². The van der Waals surface area contributed by atoms with E-state index >= 15 is 0 Å². The van der Waals surface area contributed by atoms with Crippen LogP contribution in [-0.4, -0.2) is 19.8 Å². The van der Waals surface area contributed by atoms with Gasteiger partial charge in [-0.05, 0) is 0 Å². The van der Waals surface area contributed by atoms with Crippen molar-refractivity contribution in [3.63, 3.8) is 0 Å². The van der Waals surface area contributed by atoms with Crippen molar-refractivity contribution in [3.05, 3.63) is 24.3 Å². The van der Waals surface area contributed by atoms with Crippen LogP contribution in [0.1, 0.15) is 34.6 Å². The van der Waals surface area contributed by atoms with Crippen LogP contribution < -0.4 is 9.05 Å². The first kappa shape index (κ1) is 21.3. The Balaban J connectivity index is 2.38. The molecule has 0 aromatic heterocycles. The van der Waals surface area contributed by atoms with Gasteiger partial charge in [0.1, 0.15) is 0 Å². The van der Waals surface area contributed by atoms with E-state index in [1.54, 1.807) is 38.1 Å². The Kier molecular flexibility index (Phi) is 6.44. The Morgan fingerprint density at radius 1 is 1.12 bits per heavy atom. The zero-order valence-corrected chi connectivity index (χ0v) is 18.4. The third-order valence-electron chi connectivity index (χ3n) is 2.85. The molecule has 0 unspecified atom stereocenters. The Hall–Kier alpha value is -0.0000000000000000555. The number of rotatable bonds is 8. The third-order valence-corrected chi connectivity index (χ3v) is 15.3. The van der Waals surface area contributed by atoms with E-state index in [0.717, 1.165) is 0 Å². The minimum atomic E-state index is -4.38. The quantitative estimate of drug-likeness (QED) is 0.420. The first-order valence-electron chi connectivity index (χ1n) is 8.00. The topological polar surface area (TPSA) is 63.2 Å². The van der Waals surface area contributed by atoms with Crippen molar-refractivity contribution < 1.29 is 27.2 Å². The summed E-state index contributed by atoms with van der Waals surface area (Å²) in [6.45, 7) is 6.41. The Morgan fingerprint density at radius 3 is 2.00 bits per heavy atom. The fourth-order valence-corrected chi connectivity index (χ4v) is 15.1. The second-order valence-electron chi connectivity index (χ2n) is 6.55. The molecule has 2 rings (SSSR count). The Labute approximate surface area is 157 Å². The number of para-hydroxylation sites is 2. The van der Waals surface area contributed by atoms with E-state index in [0.29, 0.717) is 22.5 Å². The molecule has 0 amide bonds. The number of halogens is 1. The van der Waals surface area contributed by atoms with Gasteiger partial charge < -0.3 is 0 Å². The SMILES string of the molecule is CCOP(=O)(OCC)SP1(Cl)(OCC(C)(C)C)Oc2ccccc2O1. The van der Waals surface area contributed by atoms with Crippen LogP contribution in [0.25, 0.3) is 0 Å². The van der Waals surface area contributed by atoms with E-state index in [4.69, 9.17) is 33.9 Å². The zero-order valence-electron chi connectivity index (χ0n) is 15.1. The summed E-state index contributed by atoms with van der Waals surface area (Å²) in [6.07, 6.45) is 0. The average Bonchev–Trinajstić information content (AvgIpc) is 2.78. The molecule has 0 fully saturated rings. The van der Waals surface area contributed by atoms with Crippen molar-refractivity contribution in [2.45, 2.75) is 34.6 Å². The Bertz CT molecular complexity index is 631. The summed E-state index contributed by atoms with van der Waals surface area (Å²) >= 11 is 7.54. The summed E-state index contributed by atoms with van der Waals surface area (Å²) in [7, 11) is 0.